The van der Waals surface area contributed by atoms with E-state index in [0.717, 1.165) is 26.2 Å². The Balaban J connectivity index is 1.54. The van der Waals surface area contributed by atoms with Crippen molar-refractivity contribution in [2.75, 3.05) is 39.8 Å². The Bertz CT molecular complexity index is 646. The number of amides is 2. The maximum absolute atomic E-state index is 12.1. The third kappa shape index (κ3) is 4.64. The van der Waals surface area contributed by atoms with Crippen molar-refractivity contribution >= 4 is 17.5 Å². The van der Waals surface area contributed by atoms with E-state index in [0.29, 0.717) is 31.1 Å². The summed E-state index contributed by atoms with van der Waals surface area (Å²) in [6.07, 6.45) is 0.722. The van der Waals surface area contributed by atoms with Crippen LogP contribution in [0.25, 0.3) is 0 Å². The molecule has 3 rings (SSSR count). The van der Waals surface area contributed by atoms with Crippen molar-refractivity contribution in [2.24, 2.45) is 5.10 Å². The lowest BCUT2D eigenvalue weighted by molar-refractivity contribution is -0.121. The third-order valence-electron chi connectivity index (χ3n) is 4.73. The number of carbonyl (C=O) groups excluding carboxylic acids is 2. The van der Waals surface area contributed by atoms with E-state index in [1.807, 2.05) is 6.07 Å². The standard InChI is InChI=1S/C18H25N5O2/c1-22-11-12-23(16(13-22)14-5-3-2-4-6-14)10-9-19-18(25)15-7-8-17(24)21-20-15/h2-6,16H,7-13H2,1H3,(H,19,25)(H,21,24). The van der Waals surface area contributed by atoms with E-state index in [1.54, 1.807) is 0 Å². The highest BCUT2D eigenvalue weighted by atomic mass is 16.2. The van der Waals surface area contributed by atoms with E-state index < -0.39 is 0 Å². The summed E-state index contributed by atoms with van der Waals surface area (Å²) in [5, 5.41) is 6.75. The van der Waals surface area contributed by atoms with Crippen molar-refractivity contribution in [1.82, 2.24) is 20.5 Å². The molecule has 7 nitrogen and oxygen atoms in total. The van der Waals surface area contributed by atoms with Crippen molar-refractivity contribution in [3.63, 3.8) is 0 Å². The molecule has 1 saturated heterocycles. The molecule has 0 radical (unpaired) electrons. The van der Waals surface area contributed by atoms with Crippen molar-refractivity contribution in [1.29, 1.82) is 0 Å². The van der Waals surface area contributed by atoms with Gasteiger partial charge >= 0.3 is 0 Å². The van der Waals surface area contributed by atoms with Crippen molar-refractivity contribution < 1.29 is 9.59 Å². The molecule has 2 aliphatic heterocycles. The molecule has 2 heterocycles. The molecule has 1 aromatic carbocycles. The molecule has 7 heteroatoms. The Morgan fingerprint density at radius 2 is 2.08 bits per heavy atom. The van der Waals surface area contributed by atoms with Crippen molar-refractivity contribution in [3.05, 3.63) is 35.9 Å². The van der Waals surface area contributed by atoms with Crippen LogP contribution in [-0.2, 0) is 9.59 Å². The maximum Gasteiger partial charge on any atom is 0.267 e. The highest BCUT2D eigenvalue weighted by molar-refractivity contribution is 6.39. The van der Waals surface area contributed by atoms with Gasteiger partial charge in [-0.2, -0.15) is 5.10 Å². The van der Waals surface area contributed by atoms with E-state index in [2.05, 4.69) is 57.0 Å². The number of benzene rings is 1. The zero-order valence-electron chi connectivity index (χ0n) is 14.6. The average molecular weight is 343 g/mol. The number of nitrogens with zero attached hydrogens (tertiary/aromatic N) is 3. The molecule has 2 amide bonds. The molecular formula is C18H25N5O2. The Morgan fingerprint density at radius 1 is 1.28 bits per heavy atom. The number of hydrogen-bond acceptors (Lipinski definition) is 5. The predicted octanol–water partition coefficient (Wildman–Crippen LogP) is 0.357. The fourth-order valence-electron chi connectivity index (χ4n) is 3.27. The van der Waals surface area contributed by atoms with Gasteiger partial charge in [-0.15, -0.1) is 0 Å². The van der Waals surface area contributed by atoms with Gasteiger partial charge in [0.25, 0.3) is 5.91 Å². The van der Waals surface area contributed by atoms with Gasteiger partial charge in [0.2, 0.25) is 5.91 Å². The van der Waals surface area contributed by atoms with Crippen molar-refractivity contribution in [3.8, 4) is 0 Å². The van der Waals surface area contributed by atoms with Crippen LogP contribution in [0.2, 0.25) is 0 Å². The molecule has 0 spiro atoms. The Labute approximate surface area is 148 Å². The normalized spacial score (nSPS) is 22.2. The molecule has 1 atom stereocenters. The molecule has 0 bridgehead atoms. The second-order valence-corrected chi connectivity index (χ2v) is 6.57. The fourth-order valence-corrected chi connectivity index (χ4v) is 3.27. The van der Waals surface area contributed by atoms with Crippen LogP contribution in [0.4, 0.5) is 0 Å². The van der Waals surface area contributed by atoms with Crippen LogP contribution >= 0.6 is 0 Å². The first-order valence-electron chi connectivity index (χ1n) is 8.74. The summed E-state index contributed by atoms with van der Waals surface area (Å²) in [6.45, 7) is 4.34. The summed E-state index contributed by atoms with van der Waals surface area (Å²) >= 11 is 0. The third-order valence-corrected chi connectivity index (χ3v) is 4.73. The number of rotatable bonds is 5. The van der Waals surface area contributed by atoms with E-state index in [-0.39, 0.29) is 11.8 Å². The average Bonchev–Trinajstić information content (AvgIpc) is 2.64. The number of piperazine rings is 1. The molecule has 1 fully saturated rings. The lowest BCUT2D eigenvalue weighted by Crippen LogP contribution is -2.49. The van der Waals surface area contributed by atoms with Gasteiger partial charge in [0.05, 0.1) is 0 Å². The molecular weight excluding hydrogens is 318 g/mol. The number of nitrogens with one attached hydrogen (secondary N) is 2. The van der Waals surface area contributed by atoms with Crippen LogP contribution in [0.5, 0.6) is 0 Å². The van der Waals surface area contributed by atoms with Gasteiger partial charge in [-0.25, -0.2) is 5.43 Å². The quantitative estimate of drug-likeness (QED) is 0.809. The second kappa shape index (κ2) is 8.22. The summed E-state index contributed by atoms with van der Waals surface area (Å²) in [7, 11) is 2.14. The fraction of sp³-hybridized carbons (Fsp3) is 0.500. The summed E-state index contributed by atoms with van der Waals surface area (Å²) < 4.78 is 0. The largest absolute Gasteiger partial charge is 0.350 e. The molecule has 0 aromatic heterocycles. The topological polar surface area (TPSA) is 77.0 Å². The van der Waals surface area contributed by atoms with E-state index in [9.17, 15) is 9.59 Å². The SMILES string of the molecule is CN1CCN(CCNC(=O)C2=NNC(=O)CC2)C(c2ccccc2)C1. The van der Waals surface area contributed by atoms with Crippen LogP contribution < -0.4 is 10.7 Å². The summed E-state index contributed by atoms with van der Waals surface area (Å²) in [5.74, 6) is -0.329. The van der Waals surface area contributed by atoms with Gasteiger partial charge in [0.15, 0.2) is 0 Å². The summed E-state index contributed by atoms with van der Waals surface area (Å²) in [6, 6.07) is 10.8. The van der Waals surface area contributed by atoms with E-state index in [4.69, 9.17) is 0 Å². The zero-order chi connectivity index (χ0) is 17.6. The minimum Gasteiger partial charge on any atom is -0.350 e. The zero-order valence-corrected chi connectivity index (χ0v) is 14.6. The first-order valence-corrected chi connectivity index (χ1v) is 8.74. The van der Waals surface area contributed by atoms with Crippen LogP contribution in [0.3, 0.4) is 0 Å². The first-order chi connectivity index (χ1) is 12.1. The lowest BCUT2D eigenvalue weighted by Gasteiger charge is -2.40. The Hall–Kier alpha value is -2.25. The highest BCUT2D eigenvalue weighted by Crippen LogP contribution is 2.24. The van der Waals surface area contributed by atoms with E-state index in [1.165, 1.54) is 5.56 Å². The lowest BCUT2D eigenvalue weighted by atomic mass is 10.0. The molecule has 0 saturated carbocycles. The highest BCUT2D eigenvalue weighted by Gasteiger charge is 2.26. The van der Waals surface area contributed by atoms with E-state index >= 15 is 0 Å². The van der Waals surface area contributed by atoms with Crippen LogP contribution in [0.1, 0.15) is 24.4 Å². The minimum absolute atomic E-state index is 0.139. The first kappa shape index (κ1) is 17.6. The van der Waals surface area contributed by atoms with Gasteiger partial charge in [-0.1, -0.05) is 30.3 Å². The Morgan fingerprint density at radius 3 is 2.80 bits per heavy atom. The number of likely N-dealkylation sites (N-methyl/N-ethyl adjacent to an activating group) is 1. The van der Waals surface area contributed by atoms with Crippen LogP contribution in [0.15, 0.2) is 35.4 Å². The molecule has 1 aromatic rings. The Kier molecular flexibility index (Phi) is 5.78. The predicted molar refractivity (Wildman–Crippen MR) is 96.1 cm³/mol. The van der Waals surface area contributed by atoms with Crippen molar-refractivity contribution in [2.45, 2.75) is 18.9 Å². The minimum atomic E-state index is -0.189. The van der Waals surface area contributed by atoms with Gasteiger partial charge < -0.3 is 10.2 Å². The van der Waals surface area contributed by atoms with Gasteiger partial charge in [-0.3, -0.25) is 14.5 Å². The molecule has 25 heavy (non-hydrogen) atoms. The molecule has 1 unspecified atom stereocenters. The van der Waals surface area contributed by atoms with Crippen LogP contribution in [-0.4, -0.2) is 67.1 Å². The number of carbonyl (C=O) groups is 2. The van der Waals surface area contributed by atoms with Gasteiger partial charge in [0.1, 0.15) is 5.71 Å². The van der Waals surface area contributed by atoms with Gasteiger partial charge in [0, 0.05) is 51.6 Å². The monoisotopic (exact) mass is 343 g/mol. The molecule has 134 valence electrons. The number of hydrazone groups is 1. The smallest absolute Gasteiger partial charge is 0.267 e. The summed E-state index contributed by atoms with van der Waals surface area (Å²) in [5.41, 5.74) is 4.06. The maximum atomic E-state index is 12.1. The number of hydrogen-bond donors (Lipinski definition) is 2. The molecule has 2 aliphatic rings. The summed E-state index contributed by atoms with van der Waals surface area (Å²) in [4.78, 5) is 28.0. The molecule has 0 aliphatic carbocycles. The second-order valence-electron chi connectivity index (χ2n) is 6.57. The molecule has 2 N–H and O–H groups in total. The van der Waals surface area contributed by atoms with Crippen LogP contribution in [0, 0.1) is 0 Å². The van der Waals surface area contributed by atoms with Gasteiger partial charge in [-0.05, 0) is 12.6 Å².